The quantitative estimate of drug-likeness (QED) is 0.669. The van der Waals surface area contributed by atoms with Crippen LogP contribution in [0.25, 0.3) is 0 Å². The van der Waals surface area contributed by atoms with Crippen molar-refractivity contribution in [2.75, 3.05) is 7.05 Å². The molecule has 0 radical (unpaired) electrons. The van der Waals surface area contributed by atoms with Crippen LogP contribution >= 0.6 is 11.3 Å². The van der Waals surface area contributed by atoms with Crippen LogP contribution in [0.2, 0.25) is 0 Å². The molecule has 0 spiro atoms. The first-order chi connectivity index (χ1) is 9.86. The highest BCUT2D eigenvalue weighted by Crippen LogP contribution is 2.40. The van der Waals surface area contributed by atoms with Crippen molar-refractivity contribution in [1.82, 2.24) is 10.6 Å². The molecule has 2 unspecified atom stereocenters. The minimum absolute atomic E-state index is 0.506. The summed E-state index contributed by atoms with van der Waals surface area (Å²) in [6.07, 6.45) is 1.18. The molecule has 2 N–H and O–H groups in total. The Morgan fingerprint density at radius 3 is 2.85 bits per heavy atom. The predicted molar refractivity (Wildman–Crippen MR) is 85.2 cm³/mol. The van der Waals surface area contributed by atoms with Gasteiger partial charge >= 0.3 is 0 Å². The second kappa shape index (κ2) is 6.09. The third-order valence-corrected chi connectivity index (χ3v) is 4.34. The van der Waals surface area contributed by atoms with Crippen molar-refractivity contribution in [1.29, 1.82) is 0 Å². The second-order valence-electron chi connectivity index (χ2n) is 5.06. The molecule has 4 heteroatoms. The lowest BCUT2D eigenvalue weighted by Gasteiger charge is -2.11. The molecule has 20 heavy (non-hydrogen) atoms. The van der Waals surface area contributed by atoms with E-state index >= 15 is 0 Å². The molecule has 1 aromatic carbocycles. The predicted octanol–water partition coefficient (Wildman–Crippen LogP) is 2.97. The third-order valence-electron chi connectivity index (χ3n) is 3.60. The molecule has 1 aromatic heterocycles. The van der Waals surface area contributed by atoms with Gasteiger partial charge in [-0.05, 0) is 34.4 Å². The van der Waals surface area contributed by atoms with Crippen LogP contribution in [0.3, 0.4) is 0 Å². The molecule has 1 aliphatic carbocycles. The van der Waals surface area contributed by atoms with E-state index in [0.717, 1.165) is 12.5 Å². The van der Waals surface area contributed by atoms with Crippen LogP contribution in [0.4, 0.5) is 0 Å². The molecule has 2 atom stereocenters. The van der Waals surface area contributed by atoms with Crippen molar-refractivity contribution in [3.05, 3.63) is 58.3 Å². The molecule has 0 amide bonds. The fourth-order valence-corrected chi connectivity index (χ4v) is 3.04. The first-order valence-corrected chi connectivity index (χ1v) is 7.84. The van der Waals surface area contributed by atoms with Crippen molar-refractivity contribution >= 4 is 17.3 Å². The fraction of sp³-hybridized carbons (Fsp3) is 0.312. The van der Waals surface area contributed by atoms with Gasteiger partial charge in [0.15, 0.2) is 5.96 Å². The Labute approximate surface area is 123 Å². The van der Waals surface area contributed by atoms with Crippen LogP contribution in [0.1, 0.15) is 23.5 Å². The number of guanidine groups is 1. The van der Waals surface area contributed by atoms with Gasteiger partial charge in [0.05, 0.1) is 0 Å². The molecule has 104 valence electrons. The van der Waals surface area contributed by atoms with Crippen molar-refractivity contribution in [3.8, 4) is 0 Å². The van der Waals surface area contributed by atoms with Crippen LogP contribution in [-0.2, 0) is 6.54 Å². The largest absolute Gasteiger partial charge is 0.353 e. The van der Waals surface area contributed by atoms with E-state index < -0.39 is 0 Å². The molecule has 1 saturated carbocycles. The third kappa shape index (κ3) is 3.20. The lowest BCUT2D eigenvalue weighted by molar-refractivity contribution is 0.791. The summed E-state index contributed by atoms with van der Waals surface area (Å²) in [5, 5.41) is 11.1. The van der Waals surface area contributed by atoms with Crippen molar-refractivity contribution in [3.63, 3.8) is 0 Å². The van der Waals surface area contributed by atoms with Crippen LogP contribution < -0.4 is 10.6 Å². The Kier molecular flexibility index (Phi) is 4.02. The first kappa shape index (κ1) is 13.2. The Morgan fingerprint density at radius 2 is 2.15 bits per heavy atom. The van der Waals surface area contributed by atoms with E-state index in [9.17, 15) is 0 Å². The second-order valence-corrected chi connectivity index (χ2v) is 5.84. The van der Waals surface area contributed by atoms with Crippen molar-refractivity contribution in [2.45, 2.75) is 24.9 Å². The van der Waals surface area contributed by atoms with E-state index in [2.05, 4.69) is 62.8 Å². The number of benzene rings is 1. The zero-order valence-corrected chi connectivity index (χ0v) is 12.4. The smallest absolute Gasteiger partial charge is 0.191 e. The number of hydrogen-bond acceptors (Lipinski definition) is 2. The first-order valence-electron chi connectivity index (χ1n) is 6.90. The van der Waals surface area contributed by atoms with Gasteiger partial charge in [-0.15, -0.1) is 0 Å². The lowest BCUT2D eigenvalue weighted by Crippen LogP contribution is -2.38. The Balaban J connectivity index is 1.50. The Morgan fingerprint density at radius 1 is 1.30 bits per heavy atom. The van der Waals surface area contributed by atoms with Gasteiger partial charge < -0.3 is 10.6 Å². The number of aliphatic imine (C=N–C) groups is 1. The number of nitrogens with one attached hydrogen (secondary N) is 2. The Bertz CT molecular complexity index is 563. The van der Waals surface area contributed by atoms with Crippen LogP contribution in [-0.4, -0.2) is 19.0 Å². The molecule has 1 aliphatic rings. The van der Waals surface area contributed by atoms with Gasteiger partial charge in [-0.2, -0.15) is 11.3 Å². The zero-order chi connectivity index (χ0) is 13.8. The maximum absolute atomic E-state index is 4.29. The van der Waals surface area contributed by atoms with E-state index in [1.807, 2.05) is 7.05 Å². The SMILES string of the molecule is CN=C(NCc1ccsc1)NC1CC1c1ccccc1. The summed E-state index contributed by atoms with van der Waals surface area (Å²) >= 11 is 1.72. The average molecular weight is 285 g/mol. The minimum atomic E-state index is 0.506. The maximum atomic E-state index is 4.29. The van der Waals surface area contributed by atoms with Gasteiger partial charge in [0.25, 0.3) is 0 Å². The number of nitrogens with zero attached hydrogens (tertiary/aromatic N) is 1. The standard InChI is InChI=1S/C16H19N3S/c1-17-16(18-10-12-7-8-20-11-12)19-15-9-14(15)13-5-3-2-4-6-13/h2-8,11,14-15H,9-10H2,1H3,(H2,17,18,19). The molecule has 0 aliphatic heterocycles. The fourth-order valence-electron chi connectivity index (χ4n) is 2.37. The Hall–Kier alpha value is -1.81. The average Bonchev–Trinajstić information content (AvgIpc) is 3.06. The van der Waals surface area contributed by atoms with Crippen molar-refractivity contribution < 1.29 is 0 Å². The molecule has 1 fully saturated rings. The van der Waals surface area contributed by atoms with Gasteiger partial charge in [0.2, 0.25) is 0 Å². The van der Waals surface area contributed by atoms with Crippen molar-refractivity contribution in [2.24, 2.45) is 4.99 Å². The number of thiophene rings is 1. The van der Waals surface area contributed by atoms with E-state index in [0.29, 0.717) is 12.0 Å². The molecule has 3 rings (SSSR count). The van der Waals surface area contributed by atoms with Gasteiger partial charge in [-0.1, -0.05) is 30.3 Å². The summed E-state index contributed by atoms with van der Waals surface area (Å²) in [4.78, 5) is 4.29. The molecule has 0 saturated heterocycles. The van der Waals surface area contributed by atoms with Crippen LogP contribution in [0.15, 0.2) is 52.2 Å². The molecular weight excluding hydrogens is 266 g/mol. The maximum Gasteiger partial charge on any atom is 0.191 e. The summed E-state index contributed by atoms with van der Waals surface area (Å²) < 4.78 is 0. The molecule has 1 heterocycles. The van der Waals surface area contributed by atoms with Crippen LogP contribution in [0.5, 0.6) is 0 Å². The number of rotatable bonds is 4. The highest BCUT2D eigenvalue weighted by atomic mass is 32.1. The zero-order valence-electron chi connectivity index (χ0n) is 11.5. The molecular formula is C16H19N3S. The summed E-state index contributed by atoms with van der Waals surface area (Å²) in [5.74, 6) is 1.51. The monoisotopic (exact) mass is 285 g/mol. The summed E-state index contributed by atoms with van der Waals surface area (Å²) in [7, 11) is 1.82. The number of hydrogen-bond donors (Lipinski definition) is 2. The summed E-state index contributed by atoms with van der Waals surface area (Å²) in [6, 6.07) is 13.3. The minimum Gasteiger partial charge on any atom is -0.353 e. The van der Waals surface area contributed by atoms with E-state index in [1.165, 1.54) is 17.5 Å². The summed E-state index contributed by atoms with van der Waals surface area (Å²) in [5.41, 5.74) is 2.71. The van der Waals surface area contributed by atoms with E-state index in [-0.39, 0.29) is 0 Å². The topological polar surface area (TPSA) is 36.4 Å². The summed E-state index contributed by atoms with van der Waals surface area (Å²) in [6.45, 7) is 0.825. The highest BCUT2D eigenvalue weighted by Gasteiger charge is 2.38. The van der Waals surface area contributed by atoms with Crippen LogP contribution in [0, 0.1) is 0 Å². The normalized spacial score (nSPS) is 21.6. The molecule has 2 aromatic rings. The van der Waals surface area contributed by atoms with Gasteiger partial charge in [0, 0.05) is 25.6 Å². The van der Waals surface area contributed by atoms with Gasteiger partial charge in [-0.3, -0.25) is 4.99 Å². The highest BCUT2D eigenvalue weighted by molar-refractivity contribution is 7.07. The van der Waals surface area contributed by atoms with E-state index in [1.54, 1.807) is 11.3 Å². The van der Waals surface area contributed by atoms with Gasteiger partial charge in [-0.25, -0.2) is 0 Å². The van der Waals surface area contributed by atoms with Gasteiger partial charge in [0.1, 0.15) is 0 Å². The van der Waals surface area contributed by atoms with E-state index in [4.69, 9.17) is 0 Å². The molecule has 0 bridgehead atoms. The molecule has 3 nitrogen and oxygen atoms in total. The lowest BCUT2D eigenvalue weighted by atomic mass is 10.1.